The van der Waals surface area contributed by atoms with E-state index in [1.54, 1.807) is 74.9 Å². The molecule has 5 aliphatic rings. The lowest BCUT2D eigenvalue weighted by molar-refractivity contribution is 0.0716. The number of fused-ring (bicyclic) bond motifs is 12. The molecule has 0 aromatic heterocycles. The Kier molecular flexibility index (Phi) is 13.1. The maximum absolute atomic E-state index is 8.68. The van der Waals surface area contributed by atoms with Crippen molar-refractivity contribution in [2.24, 2.45) is 59.2 Å². The monoisotopic (exact) mass is 508 g/mol. The van der Waals surface area contributed by atoms with Crippen LogP contribution in [0.5, 0.6) is 5.75 Å². The first-order valence-corrected chi connectivity index (χ1v) is 15.1. The topological polar surface area (TPSA) is 40.5 Å². The molecule has 0 radical (unpaired) electrons. The minimum Gasteiger partial charge on any atom is -0.508 e. The largest absolute Gasteiger partial charge is 0.508 e. The minimum absolute atomic E-state index is 0.197. The van der Waals surface area contributed by atoms with Crippen molar-refractivity contribution >= 4 is 0 Å². The average Bonchev–Trinajstić information content (AvgIpc) is 3.69. The minimum atomic E-state index is 0.197. The van der Waals surface area contributed by atoms with Crippen LogP contribution in [-0.4, -0.2) is 10.2 Å². The Morgan fingerprint density at radius 3 is 1.73 bits per heavy atom. The Morgan fingerprint density at radius 2 is 1.35 bits per heavy atom. The molecule has 8 atom stereocenters. The first-order valence-electron chi connectivity index (χ1n) is 15.1. The lowest BCUT2D eigenvalue weighted by Crippen LogP contribution is -2.35. The van der Waals surface area contributed by atoms with Crippen molar-refractivity contribution in [3.63, 3.8) is 0 Å². The average molecular weight is 509 g/mol. The van der Waals surface area contributed by atoms with Crippen LogP contribution in [0.15, 0.2) is 67.0 Å². The second-order valence-corrected chi connectivity index (χ2v) is 12.3. The number of aliphatic hydroxyl groups is 1. The highest BCUT2D eigenvalue weighted by molar-refractivity contribution is 5.18. The van der Waals surface area contributed by atoms with Crippen LogP contribution in [-0.2, 0) is 0 Å². The molecule has 8 unspecified atom stereocenters. The number of phenolic OH excluding ortho intramolecular Hbond substituents is 1. The van der Waals surface area contributed by atoms with Crippen LogP contribution in [0.25, 0.3) is 0 Å². The zero-order chi connectivity index (χ0) is 27.5. The fourth-order valence-electron chi connectivity index (χ4n) is 8.25. The summed E-state index contributed by atoms with van der Waals surface area (Å²) in [5.74, 6) is 12.1. The number of hydrogen-bond donors (Lipinski definition) is 2. The highest BCUT2D eigenvalue weighted by Gasteiger charge is 2.66. The molecule has 1 aromatic carbocycles. The summed E-state index contributed by atoms with van der Waals surface area (Å²) >= 11 is 0. The van der Waals surface area contributed by atoms with Crippen molar-refractivity contribution in [1.29, 1.82) is 0 Å². The molecule has 2 N–H and O–H groups in total. The molecular weight excluding hydrogens is 452 g/mol. The van der Waals surface area contributed by atoms with Gasteiger partial charge in [-0.2, -0.15) is 0 Å². The Hall–Kier alpha value is -1.96. The normalized spacial score (nSPS) is 35.7. The molecule has 5 fully saturated rings. The van der Waals surface area contributed by atoms with Crippen LogP contribution in [0, 0.1) is 59.2 Å². The van der Waals surface area contributed by atoms with Gasteiger partial charge in [0.2, 0.25) is 0 Å². The first-order chi connectivity index (χ1) is 17.8. The van der Waals surface area contributed by atoms with Gasteiger partial charge < -0.3 is 10.2 Å². The molecule has 0 heterocycles. The van der Waals surface area contributed by atoms with Crippen molar-refractivity contribution in [1.82, 2.24) is 0 Å². The lowest BCUT2D eigenvalue weighted by atomic mass is 9.64. The van der Waals surface area contributed by atoms with Crippen molar-refractivity contribution in [3.05, 3.63) is 67.0 Å². The van der Waals surface area contributed by atoms with Crippen molar-refractivity contribution in [2.45, 2.75) is 87.0 Å². The Balaban J connectivity index is 0.000000196. The van der Waals surface area contributed by atoms with Gasteiger partial charge in [-0.1, -0.05) is 78.5 Å². The maximum atomic E-state index is 8.68. The van der Waals surface area contributed by atoms with Crippen LogP contribution in [0.4, 0.5) is 0 Å². The fraction of sp³-hybridized carbons (Fsp3) is 0.657. The third kappa shape index (κ3) is 8.26. The Morgan fingerprint density at radius 1 is 0.865 bits per heavy atom. The summed E-state index contributed by atoms with van der Waals surface area (Å²) in [4.78, 5) is 0. The number of aliphatic hydroxyl groups excluding tert-OH is 1. The van der Waals surface area contributed by atoms with E-state index in [1.807, 2.05) is 32.9 Å². The zero-order valence-corrected chi connectivity index (χ0v) is 24.8. The summed E-state index contributed by atoms with van der Waals surface area (Å²) in [6, 6.07) is 8.71. The smallest absolute Gasteiger partial charge is 0.115 e. The molecule has 5 aliphatic carbocycles. The number of phenols is 1. The van der Waals surface area contributed by atoms with Gasteiger partial charge >= 0.3 is 0 Å². The summed E-state index contributed by atoms with van der Waals surface area (Å²) in [7, 11) is 0. The third-order valence-electron chi connectivity index (χ3n) is 9.00. The maximum Gasteiger partial charge on any atom is 0.115 e. The van der Waals surface area contributed by atoms with E-state index >= 15 is 0 Å². The number of rotatable bonds is 2. The molecule has 37 heavy (non-hydrogen) atoms. The summed E-state index contributed by atoms with van der Waals surface area (Å²) < 4.78 is 0. The third-order valence-corrected chi connectivity index (χ3v) is 9.00. The van der Waals surface area contributed by atoms with Gasteiger partial charge in [0.25, 0.3) is 0 Å². The number of para-hydroxylation sites is 1. The molecule has 0 saturated heterocycles. The molecule has 0 amide bonds. The van der Waals surface area contributed by atoms with Gasteiger partial charge in [-0.05, 0) is 129 Å². The van der Waals surface area contributed by atoms with Gasteiger partial charge in [0.05, 0.1) is 0 Å². The van der Waals surface area contributed by atoms with Crippen LogP contribution in [0.3, 0.4) is 0 Å². The van der Waals surface area contributed by atoms with Crippen molar-refractivity contribution < 1.29 is 10.2 Å². The van der Waals surface area contributed by atoms with Gasteiger partial charge in [0, 0.05) is 0 Å². The van der Waals surface area contributed by atoms with E-state index < -0.39 is 0 Å². The highest BCUT2D eigenvalue weighted by Crippen LogP contribution is 2.73. The second kappa shape index (κ2) is 15.5. The van der Waals surface area contributed by atoms with Gasteiger partial charge in [0.15, 0.2) is 0 Å². The van der Waals surface area contributed by atoms with Gasteiger partial charge in [-0.15, -0.1) is 0 Å². The molecule has 0 aliphatic heterocycles. The molecule has 4 bridgehead atoms. The Labute approximate surface area is 229 Å². The first kappa shape index (κ1) is 31.3. The quantitative estimate of drug-likeness (QED) is 0.237. The number of aromatic hydroxyl groups is 1. The predicted octanol–water partition coefficient (Wildman–Crippen LogP) is 10.2. The molecule has 5 saturated carbocycles. The standard InChI is InChI=1S/C16H24.C7H10O.C6H6O.C4H10.C2H6/c1-8-4-11-12(5-8)14-7-13(11)15-9-2-3-10(6-9)16(14)15;1-3-5-6-7(8)4-2;7-6-4-2-1-3-5-6;1-4(2)3;1-2/h8-16H,2-7H2,1H3;3-6,8H,2H2,1H3;1-5,7H;4H,1-3H3;1-2H3/b;5-3-,7-6+;;;. The SMILES string of the molecule is C=C/C(O)=C\C=C/C.CC.CC(C)C.CC1CC2C(C1)C1CC2C2C3CCC(C3)C12.Oc1ccccc1. The summed E-state index contributed by atoms with van der Waals surface area (Å²) in [5.41, 5.74) is 0. The fourth-order valence-corrected chi connectivity index (χ4v) is 8.25. The molecule has 208 valence electrons. The van der Waals surface area contributed by atoms with E-state index in [-0.39, 0.29) is 5.76 Å². The highest BCUT2D eigenvalue weighted by atomic mass is 16.3. The van der Waals surface area contributed by atoms with Crippen LogP contribution >= 0.6 is 0 Å². The molecule has 0 spiro atoms. The van der Waals surface area contributed by atoms with E-state index in [1.165, 1.54) is 53.4 Å². The molecule has 2 nitrogen and oxygen atoms in total. The molecule has 6 rings (SSSR count). The second-order valence-electron chi connectivity index (χ2n) is 12.3. The van der Waals surface area contributed by atoms with Crippen LogP contribution < -0.4 is 0 Å². The summed E-state index contributed by atoms with van der Waals surface area (Å²) in [6.45, 7) is 18.3. The van der Waals surface area contributed by atoms with Gasteiger partial charge in [-0.25, -0.2) is 0 Å². The summed E-state index contributed by atoms with van der Waals surface area (Å²) in [6.07, 6.45) is 16.3. The Bertz CT molecular complexity index is 805. The van der Waals surface area contributed by atoms with E-state index in [4.69, 9.17) is 10.2 Å². The molecular formula is C35H56O2. The number of allylic oxidation sites excluding steroid dienone is 4. The molecule has 1 aromatic rings. The van der Waals surface area contributed by atoms with Crippen LogP contribution in [0.1, 0.15) is 87.0 Å². The van der Waals surface area contributed by atoms with Crippen molar-refractivity contribution in [3.8, 4) is 5.75 Å². The van der Waals surface area contributed by atoms with Crippen molar-refractivity contribution in [2.75, 3.05) is 0 Å². The van der Waals surface area contributed by atoms with E-state index in [2.05, 4.69) is 34.3 Å². The van der Waals surface area contributed by atoms with E-state index in [9.17, 15) is 0 Å². The van der Waals surface area contributed by atoms with E-state index in [0.29, 0.717) is 5.75 Å². The lowest BCUT2D eigenvalue weighted by Gasteiger charge is -2.40. The molecule has 2 heteroatoms. The van der Waals surface area contributed by atoms with Gasteiger partial charge in [0.1, 0.15) is 11.5 Å². The number of benzene rings is 1. The van der Waals surface area contributed by atoms with Gasteiger partial charge in [-0.3, -0.25) is 0 Å². The summed E-state index contributed by atoms with van der Waals surface area (Å²) in [5, 5.41) is 17.3. The predicted molar refractivity (Wildman–Crippen MR) is 160 cm³/mol. The zero-order valence-electron chi connectivity index (χ0n) is 24.8. The van der Waals surface area contributed by atoms with E-state index in [0.717, 1.165) is 11.8 Å². The van der Waals surface area contributed by atoms with Crippen LogP contribution in [0.2, 0.25) is 0 Å². The number of hydrogen-bond acceptors (Lipinski definition) is 2.